The molecule has 1 amide bonds. The normalized spacial score (nSPS) is 10.9. The zero-order valence-corrected chi connectivity index (χ0v) is 15.1. The molecule has 2 rings (SSSR count). The average Bonchev–Trinajstić information content (AvgIpc) is 2.56. The second-order valence-electron chi connectivity index (χ2n) is 5.05. The summed E-state index contributed by atoms with van der Waals surface area (Å²) in [7, 11) is -4.00. The molecule has 0 saturated heterocycles. The molecule has 0 fully saturated rings. The molecular formula is C17H19FN2O5S. The molecule has 0 aliphatic heterocycles. The van der Waals surface area contributed by atoms with Crippen molar-refractivity contribution in [3.8, 4) is 5.75 Å². The third-order valence-electron chi connectivity index (χ3n) is 3.15. The van der Waals surface area contributed by atoms with Gasteiger partial charge < -0.3 is 9.47 Å². The van der Waals surface area contributed by atoms with Gasteiger partial charge in [0, 0.05) is 0 Å². The Hall–Kier alpha value is -2.81. The van der Waals surface area contributed by atoms with E-state index in [0.29, 0.717) is 12.4 Å². The maximum atomic E-state index is 13.2. The summed E-state index contributed by atoms with van der Waals surface area (Å²) in [6, 6.07) is 9.06. The molecule has 0 bridgehead atoms. The second-order valence-corrected chi connectivity index (χ2v) is 6.73. The van der Waals surface area contributed by atoms with Crippen LogP contribution in [0.2, 0.25) is 0 Å². The van der Waals surface area contributed by atoms with Crippen molar-refractivity contribution in [3.63, 3.8) is 0 Å². The summed E-state index contributed by atoms with van der Waals surface area (Å²) in [4.78, 5) is 11.5. The van der Waals surface area contributed by atoms with Crippen molar-refractivity contribution >= 4 is 27.5 Å². The number of carbonyl (C=O) groups excluding carboxylic acids is 1. The number of hydrogen-bond acceptors (Lipinski definition) is 5. The van der Waals surface area contributed by atoms with E-state index in [0.717, 1.165) is 6.07 Å². The minimum atomic E-state index is -4.00. The van der Waals surface area contributed by atoms with Crippen molar-refractivity contribution in [2.24, 2.45) is 0 Å². The number of amides is 1. The molecular weight excluding hydrogens is 363 g/mol. The lowest BCUT2D eigenvalue weighted by Crippen LogP contribution is -2.16. The Bertz CT molecular complexity index is 886. The van der Waals surface area contributed by atoms with E-state index >= 15 is 0 Å². The van der Waals surface area contributed by atoms with Gasteiger partial charge in [-0.3, -0.25) is 10.0 Å². The van der Waals surface area contributed by atoms with Gasteiger partial charge in [-0.25, -0.2) is 17.6 Å². The van der Waals surface area contributed by atoms with E-state index in [1.807, 2.05) is 0 Å². The quantitative estimate of drug-likeness (QED) is 0.763. The van der Waals surface area contributed by atoms with E-state index < -0.39 is 21.9 Å². The van der Waals surface area contributed by atoms with Crippen molar-refractivity contribution < 1.29 is 27.1 Å². The number of benzene rings is 2. The number of ether oxygens (including phenoxy) is 2. The lowest BCUT2D eigenvalue weighted by Gasteiger charge is -2.14. The highest BCUT2D eigenvalue weighted by molar-refractivity contribution is 7.92. The Balaban J connectivity index is 2.34. The first-order valence-electron chi connectivity index (χ1n) is 7.84. The average molecular weight is 382 g/mol. The van der Waals surface area contributed by atoms with E-state index in [1.54, 1.807) is 13.8 Å². The van der Waals surface area contributed by atoms with Crippen LogP contribution < -0.4 is 14.8 Å². The smallest absolute Gasteiger partial charge is 0.411 e. The molecule has 26 heavy (non-hydrogen) atoms. The predicted octanol–water partition coefficient (Wildman–Crippen LogP) is 3.59. The second kappa shape index (κ2) is 8.52. The van der Waals surface area contributed by atoms with Gasteiger partial charge in [0.05, 0.1) is 29.5 Å². The molecule has 0 saturated carbocycles. The molecule has 7 nitrogen and oxygen atoms in total. The van der Waals surface area contributed by atoms with Gasteiger partial charge in [0.2, 0.25) is 0 Å². The lowest BCUT2D eigenvalue weighted by atomic mass is 10.3. The summed E-state index contributed by atoms with van der Waals surface area (Å²) >= 11 is 0. The summed E-state index contributed by atoms with van der Waals surface area (Å²) in [5, 5.41) is 2.44. The minimum Gasteiger partial charge on any atom is -0.492 e. The van der Waals surface area contributed by atoms with E-state index in [1.165, 1.54) is 36.4 Å². The molecule has 0 heterocycles. The zero-order valence-electron chi connectivity index (χ0n) is 14.3. The summed E-state index contributed by atoms with van der Waals surface area (Å²) < 4.78 is 50.8. The Morgan fingerprint density at radius 1 is 1.12 bits per heavy atom. The first-order valence-corrected chi connectivity index (χ1v) is 9.33. The van der Waals surface area contributed by atoms with Gasteiger partial charge in [-0.05, 0) is 50.2 Å². The Kier molecular flexibility index (Phi) is 6.40. The maximum Gasteiger partial charge on any atom is 0.411 e. The van der Waals surface area contributed by atoms with Gasteiger partial charge in [0.15, 0.2) is 0 Å². The largest absolute Gasteiger partial charge is 0.492 e. The van der Waals surface area contributed by atoms with E-state index in [4.69, 9.17) is 9.47 Å². The molecule has 0 radical (unpaired) electrons. The van der Waals surface area contributed by atoms with Crippen LogP contribution in [0.3, 0.4) is 0 Å². The van der Waals surface area contributed by atoms with Crippen molar-refractivity contribution in [2.45, 2.75) is 18.7 Å². The highest BCUT2D eigenvalue weighted by Gasteiger charge is 2.18. The van der Waals surface area contributed by atoms with Crippen LogP contribution in [0.1, 0.15) is 13.8 Å². The number of carbonyl (C=O) groups is 1. The number of rotatable bonds is 7. The zero-order chi connectivity index (χ0) is 19.2. The third-order valence-corrected chi connectivity index (χ3v) is 4.53. The van der Waals surface area contributed by atoms with Crippen LogP contribution in [0.25, 0.3) is 0 Å². The monoisotopic (exact) mass is 382 g/mol. The van der Waals surface area contributed by atoms with Gasteiger partial charge in [-0.15, -0.1) is 0 Å². The fourth-order valence-corrected chi connectivity index (χ4v) is 3.17. The number of sulfonamides is 1. The number of hydrogen-bond donors (Lipinski definition) is 2. The molecule has 2 aromatic carbocycles. The van der Waals surface area contributed by atoms with Gasteiger partial charge >= 0.3 is 6.09 Å². The molecule has 0 spiro atoms. The van der Waals surface area contributed by atoms with Crippen LogP contribution in [-0.4, -0.2) is 27.7 Å². The van der Waals surface area contributed by atoms with Crippen molar-refractivity contribution in [1.29, 1.82) is 0 Å². The number of nitrogens with one attached hydrogen (secondary N) is 2. The maximum absolute atomic E-state index is 13.2. The third kappa shape index (κ3) is 5.09. The highest BCUT2D eigenvalue weighted by atomic mass is 32.2. The van der Waals surface area contributed by atoms with Gasteiger partial charge in [0.1, 0.15) is 11.6 Å². The first kappa shape index (κ1) is 19.5. The molecule has 0 aliphatic carbocycles. The minimum absolute atomic E-state index is 0.0822. The van der Waals surface area contributed by atoms with Gasteiger partial charge in [-0.1, -0.05) is 6.07 Å². The van der Waals surface area contributed by atoms with Gasteiger partial charge in [-0.2, -0.15) is 0 Å². The highest BCUT2D eigenvalue weighted by Crippen LogP contribution is 2.29. The Morgan fingerprint density at radius 2 is 1.88 bits per heavy atom. The summed E-state index contributed by atoms with van der Waals surface area (Å²) in [5.41, 5.74) is 0.228. The predicted molar refractivity (Wildman–Crippen MR) is 95.5 cm³/mol. The van der Waals surface area contributed by atoms with Crippen molar-refractivity contribution in [1.82, 2.24) is 0 Å². The van der Waals surface area contributed by atoms with E-state index in [2.05, 4.69) is 10.0 Å². The standard InChI is InChI=1S/C17H19FN2O5S/c1-3-24-16-9-8-14(11-15(16)19-17(21)25-4-2)26(22,23)20-13-7-5-6-12(18)10-13/h5-11,20H,3-4H2,1-2H3,(H,19,21). The molecule has 2 aromatic rings. The summed E-state index contributed by atoms with van der Waals surface area (Å²) in [5.74, 6) is -0.271. The Morgan fingerprint density at radius 3 is 2.54 bits per heavy atom. The van der Waals surface area contributed by atoms with Crippen LogP contribution in [0.4, 0.5) is 20.6 Å². The SMILES string of the molecule is CCOC(=O)Nc1cc(S(=O)(=O)Nc2cccc(F)c2)ccc1OCC. The number of halogens is 1. The Labute approximate surface area is 151 Å². The fourth-order valence-electron chi connectivity index (χ4n) is 2.10. The van der Waals surface area contributed by atoms with Crippen LogP contribution in [-0.2, 0) is 14.8 Å². The van der Waals surface area contributed by atoms with Crippen LogP contribution in [0.5, 0.6) is 5.75 Å². The van der Waals surface area contributed by atoms with Crippen LogP contribution >= 0.6 is 0 Å². The fraction of sp³-hybridized carbons (Fsp3) is 0.235. The molecule has 2 N–H and O–H groups in total. The van der Waals surface area contributed by atoms with Crippen LogP contribution in [0, 0.1) is 5.82 Å². The molecule has 0 aromatic heterocycles. The topological polar surface area (TPSA) is 93.7 Å². The molecule has 0 unspecified atom stereocenters. The summed E-state index contributed by atoms with van der Waals surface area (Å²) in [6.45, 7) is 3.89. The lowest BCUT2D eigenvalue weighted by molar-refractivity contribution is 0.167. The van der Waals surface area contributed by atoms with Crippen LogP contribution in [0.15, 0.2) is 47.4 Å². The first-order chi connectivity index (χ1) is 12.4. The van der Waals surface area contributed by atoms with E-state index in [-0.39, 0.29) is 22.9 Å². The van der Waals surface area contributed by atoms with E-state index in [9.17, 15) is 17.6 Å². The summed E-state index contributed by atoms with van der Waals surface area (Å²) in [6.07, 6.45) is -0.735. The van der Waals surface area contributed by atoms with Gasteiger partial charge in [0.25, 0.3) is 10.0 Å². The molecule has 9 heteroatoms. The molecule has 0 atom stereocenters. The molecule has 0 aliphatic rings. The van der Waals surface area contributed by atoms with Crippen molar-refractivity contribution in [3.05, 3.63) is 48.3 Å². The van der Waals surface area contributed by atoms with Crippen molar-refractivity contribution in [2.75, 3.05) is 23.3 Å². The number of anilines is 2. The molecule has 140 valence electrons.